The molecule has 0 radical (unpaired) electrons. The van der Waals surface area contributed by atoms with Crippen LogP contribution >= 0.6 is 0 Å². The molecule has 0 spiro atoms. The average Bonchev–Trinajstić information content (AvgIpc) is 2.18. The maximum atomic E-state index is 13.0. The SMILES string of the molecule is C#CCc1cc(B(O)O)c(C)c(S(=O)(=O)F)c1. The molecule has 2 N–H and O–H groups in total. The van der Waals surface area contributed by atoms with E-state index in [4.69, 9.17) is 16.5 Å². The molecule has 1 rings (SSSR count). The van der Waals surface area contributed by atoms with Crippen molar-refractivity contribution in [1.82, 2.24) is 0 Å². The van der Waals surface area contributed by atoms with E-state index in [1.807, 2.05) is 0 Å². The summed E-state index contributed by atoms with van der Waals surface area (Å²) in [5.41, 5.74) is 0.217. The molecule has 0 aliphatic rings. The molecule has 0 bridgehead atoms. The number of rotatable bonds is 3. The van der Waals surface area contributed by atoms with Crippen molar-refractivity contribution in [3.05, 3.63) is 23.3 Å². The summed E-state index contributed by atoms with van der Waals surface area (Å²) in [5, 5.41) is 18.1. The molecule has 4 nitrogen and oxygen atoms in total. The largest absolute Gasteiger partial charge is 0.488 e. The van der Waals surface area contributed by atoms with Gasteiger partial charge >= 0.3 is 17.3 Å². The topological polar surface area (TPSA) is 74.6 Å². The van der Waals surface area contributed by atoms with E-state index in [0.717, 1.165) is 6.07 Å². The number of halogens is 1. The highest BCUT2D eigenvalue weighted by molar-refractivity contribution is 7.86. The highest BCUT2D eigenvalue weighted by atomic mass is 32.3. The standard InChI is InChI=1S/C10H10BFO4S/c1-3-4-8-5-9(11(13)14)7(2)10(6-8)17(12,15)16/h1,5-6,13-14H,4H2,2H3. The van der Waals surface area contributed by atoms with E-state index < -0.39 is 22.2 Å². The summed E-state index contributed by atoms with van der Waals surface area (Å²) >= 11 is 0. The fourth-order valence-electron chi connectivity index (χ4n) is 1.51. The van der Waals surface area contributed by atoms with E-state index in [1.54, 1.807) is 0 Å². The van der Waals surface area contributed by atoms with E-state index in [9.17, 15) is 12.3 Å². The Hall–Kier alpha value is -1.36. The lowest BCUT2D eigenvalue weighted by Gasteiger charge is -2.10. The van der Waals surface area contributed by atoms with E-state index in [0.29, 0.717) is 5.56 Å². The molecule has 0 saturated carbocycles. The maximum absolute atomic E-state index is 13.0. The molecular weight excluding hydrogens is 246 g/mol. The molecule has 17 heavy (non-hydrogen) atoms. The predicted octanol–water partition coefficient (Wildman–Crippen LogP) is -0.491. The van der Waals surface area contributed by atoms with Crippen molar-refractivity contribution in [3.63, 3.8) is 0 Å². The molecular formula is C10H10BFO4S. The van der Waals surface area contributed by atoms with Gasteiger partial charge in [0, 0.05) is 6.42 Å². The molecule has 0 atom stereocenters. The number of benzene rings is 1. The van der Waals surface area contributed by atoms with Gasteiger partial charge in [-0.2, -0.15) is 8.42 Å². The minimum atomic E-state index is -4.92. The highest BCUT2D eigenvalue weighted by Gasteiger charge is 2.23. The van der Waals surface area contributed by atoms with Gasteiger partial charge in [-0.05, 0) is 29.6 Å². The van der Waals surface area contributed by atoms with Crippen LogP contribution in [0.15, 0.2) is 17.0 Å². The van der Waals surface area contributed by atoms with Gasteiger partial charge < -0.3 is 10.0 Å². The van der Waals surface area contributed by atoms with E-state index >= 15 is 0 Å². The minimum Gasteiger partial charge on any atom is -0.423 e. The second-order valence-corrected chi connectivity index (χ2v) is 4.82. The van der Waals surface area contributed by atoms with Crippen LogP contribution in [0.2, 0.25) is 0 Å². The Morgan fingerprint density at radius 2 is 2.06 bits per heavy atom. The first-order chi connectivity index (χ1) is 7.77. The second-order valence-electron chi connectivity index (χ2n) is 3.50. The lowest BCUT2D eigenvalue weighted by molar-refractivity contribution is 0.425. The average molecular weight is 256 g/mol. The Balaban J connectivity index is 3.56. The van der Waals surface area contributed by atoms with Gasteiger partial charge in [0.2, 0.25) is 0 Å². The van der Waals surface area contributed by atoms with Crippen LogP contribution in [0.1, 0.15) is 11.1 Å². The molecule has 0 aliphatic carbocycles. The van der Waals surface area contributed by atoms with Gasteiger partial charge in [-0.15, -0.1) is 16.2 Å². The molecule has 1 aromatic rings. The quantitative estimate of drug-likeness (QED) is 0.434. The summed E-state index contributed by atoms with van der Waals surface area (Å²) in [6, 6.07) is 2.44. The summed E-state index contributed by atoms with van der Waals surface area (Å²) < 4.78 is 34.8. The predicted molar refractivity (Wildman–Crippen MR) is 61.8 cm³/mol. The molecule has 0 fully saturated rings. The van der Waals surface area contributed by atoms with Gasteiger partial charge in [0.25, 0.3) is 0 Å². The van der Waals surface area contributed by atoms with Gasteiger partial charge in [0.1, 0.15) is 4.90 Å². The van der Waals surface area contributed by atoms with Crippen molar-refractivity contribution >= 4 is 22.8 Å². The van der Waals surface area contributed by atoms with Crippen LogP contribution in [-0.4, -0.2) is 25.6 Å². The van der Waals surface area contributed by atoms with Crippen LogP contribution in [0, 0.1) is 19.3 Å². The molecule has 0 saturated heterocycles. The Labute approximate surface area is 99.5 Å². The normalized spacial score (nSPS) is 11.0. The van der Waals surface area contributed by atoms with Crippen molar-refractivity contribution in [2.75, 3.05) is 0 Å². The van der Waals surface area contributed by atoms with Gasteiger partial charge in [-0.3, -0.25) is 0 Å². The molecule has 0 heterocycles. The van der Waals surface area contributed by atoms with Crippen LogP contribution < -0.4 is 5.46 Å². The maximum Gasteiger partial charge on any atom is 0.488 e. The Morgan fingerprint density at radius 3 is 2.47 bits per heavy atom. The summed E-state index contributed by atoms with van der Waals surface area (Å²) in [4.78, 5) is -0.589. The second kappa shape index (κ2) is 4.88. The third kappa shape index (κ3) is 3.06. The van der Waals surface area contributed by atoms with Gasteiger partial charge in [0.05, 0.1) is 0 Å². The molecule has 0 aliphatic heterocycles. The number of terminal acetylenes is 1. The van der Waals surface area contributed by atoms with E-state index in [1.165, 1.54) is 13.0 Å². The van der Waals surface area contributed by atoms with Crippen molar-refractivity contribution in [2.45, 2.75) is 18.2 Å². The highest BCUT2D eigenvalue weighted by Crippen LogP contribution is 2.18. The van der Waals surface area contributed by atoms with Gasteiger partial charge in [-0.25, -0.2) is 0 Å². The van der Waals surface area contributed by atoms with Crippen LogP contribution in [0.5, 0.6) is 0 Å². The molecule has 90 valence electrons. The first-order valence-electron chi connectivity index (χ1n) is 4.65. The zero-order valence-corrected chi connectivity index (χ0v) is 9.83. The van der Waals surface area contributed by atoms with Crippen molar-refractivity contribution in [2.24, 2.45) is 0 Å². The van der Waals surface area contributed by atoms with Crippen LogP contribution in [-0.2, 0) is 16.6 Å². The Morgan fingerprint density at radius 1 is 1.47 bits per heavy atom. The van der Waals surface area contributed by atoms with Crippen molar-refractivity contribution in [1.29, 1.82) is 0 Å². The molecule has 7 heteroatoms. The Bertz CT molecular complexity index is 575. The van der Waals surface area contributed by atoms with Gasteiger partial charge in [0.15, 0.2) is 0 Å². The lowest BCUT2D eigenvalue weighted by Crippen LogP contribution is -2.33. The first-order valence-corrected chi connectivity index (χ1v) is 6.03. The Kier molecular flexibility index (Phi) is 3.93. The van der Waals surface area contributed by atoms with E-state index in [-0.39, 0.29) is 17.4 Å². The van der Waals surface area contributed by atoms with Crippen LogP contribution in [0.4, 0.5) is 3.89 Å². The molecule has 1 aromatic carbocycles. The summed E-state index contributed by atoms with van der Waals surface area (Å²) in [6.45, 7) is 1.29. The van der Waals surface area contributed by atoms with E-state index in [2.05, 4.69) is 5.92 Å². The molecule has 0 aromatic heterocycles. The summed E-state index contributed by atoms with van der Waals surface area (Å²) in [5.74, 6) is 2.27. The smallest absolute Gasteiger partial charge is 0.423 e. The van der Waals surface area contributed by atoms with Crippen molar-refractivity contribution < 1.29 is 22.4 Å². The van der Waals surface area contributed by atoms with Gasteiger partial charge in [-0.1, -0.05) is 6.07 Å². The minimum absolute atomic E-state index is 0.0386. The fraction of sp³-hybridized carbons (Fsp3) is 0.200. The summed E-state index contributed by atoms with van der Waals surface area (Å²) in [6.07, 6.45) is 5.14. The fourth-order valence-corrected chi connectivity index (χ4v) is 2.29. The zero-order valence-electron chi connectivity index (χ0n) is 9.01. The zero-order chi connectivity index (χ0) is 13.2. The third-order valence-corrected chi connectivity index (χ3v) is 3.26. The van der Waals surface area contributed by atoms with Crippen LogP contribution in [0.25, 0.3) is 0 Å². The number of hydrogen-bond donors (Lipinski definition) is 2. The summed E-state index contributed by atoms with van der Waals surface area (Å²) in [7, 11) is -6.80. The van der Waals surface area contributed by atoms with Crippen molar-refractivity contribution in [3.8, 4) is 12.3 Å². The number of hydrogen-bond acceptors (Lipinski definition) is 4. The third-order valence-electron chi connectivity index (χ3n) is 2.31. The first kappa shape index (κ1) is 13.7. The molecule has 0 unspecified atom stereocenters. The lowest BCUT2D eigenvalue weighted by atomic mass is 9.76. The molecule has 0 amide bonds. The monoisotopic (exact) mass is 256 g/mol. The van der Waals surface area contributed by atoms with Crippen LogP contribution in [0.3, 0.4) is 0 Å².